The fourth-order valence-electron chi connectivity index (χ4n) is 2.64. The van der Waals surface area contributed by atoms with Crippen molar-refractivity contribution in [3.63, 3.8) is 0 Å². The van der Waals surface area contributed by atoms with Gasteiger partial charge in [0.2, 0.25) is 5.91 Å². The molecule has 0 aliphatic heterocycles. The Morgan fingerprint density at radius 2 is 2.06 bits per heavy atom. The molecular weight excluding hydrogens is 248 g/mol. The summed E-state index contributed by atoms with van der Waals surface area (Å²) in [5.41, 5.74) is 5.07. The molecule has 0 heterocycles. The first kappa shape index (κ1) is 15.4. The van der Waals surface area contributed by atoms with Crippen molar-refractivity contribution in [3.8, 4) is 0 Å². The van der Waals surface area contributed by atoms with Crippen molar-refractivity contribution < 1.29 is 9.53 Å². The molecular formula is C13H24N2O2S. The van der Waals surface area contributed by atoms with Crippen molar-refractivity contribution >= 4 is 23.1 Å². The summed E-state index contributed by atoms with van der Waals surface area (Å²) in [6, 6.07) is 0.189. The first-order chi connectivity index (χ1) is 8.50. The molecule has 1 saturated carbocycles. The largest absolute Gasteiger partial charge is 0.392 e. The van der Waals surface area contributed by atoms with Crippen LogP contribution in [0.15, 0.2) is 0 Å². The summed E-state index contributed by atoms with van der Waals surface area (Å²) in [5, 5.41) is 3.08. The predicted octanol–water partition coefficient (Wildman–Crippen LogP) is 1.76. The first-order valence-electron chi connectivity index (χ1n) is 6.63. The molecule has 5 heteroatoms. The molecule has 4 nitrogen and oxygen atoms in total. The van der Waals surface area contributed by atoms with Crippen molar-refractivity contribution in [2.24, 2.45) is 11.1 Å². The van der Waals surface area contributed by atoms with E-state index in [0.717, 1.165) is 19.3 Å². The SMILES string of the molecule is CCC(CC)(C(=O)NC1CCC(OC)C1)C(N)=S. The molecule has 2 unspecified atom stereocenters. The summed E-state index contributed by atoms with van der Waals surface area (Å²) in [6.07, 6.45) is 4.39. The molecule has 1 fully saturated rings. The number of thiocarbonyl (C=S) groups is 1. The molecule has 1 aliphatic rings. The maximum Gasteiger partial charge on any atom is 0.233 e. The lowest BCUT2D eigenvalue weighted by Crippen LogP contribution is -2.50. The Balaban J connectivity index is 2.66. The number of hydrogen-bond acceptors (Lipinski definition) is 3. The Labute approximate surface area is 115 Å². The van der Waals surface area contributed by atoms with Crippen LogP contribution in [0.2, 0.25) is 0 Å². The van der Waals surface area contributed by atoms with E-state index in [1.807, 2.05) is 13.8 Å². The third-order valence-electron chi connectivity index (χ3n) is 4.17. The van der Waals surface area contributed by atoms with Crippen LogP contribution in [0.4, 0.5) is 0 Å². The number of ether oxygens (including phenoxy) is 1. The van der Waals surface area contributed by atoms with Crippen molar-refractivity contribution in [1.29, 1.82) is 0 Å². The molecule has 0 bridgehead atoms. The number of methoxy groups -OCH3 is 1. The van der Waals surface area contributed by atoms with Gasteiger partial charge in [-0.1, -0.05) is 26.1 Å². The van der Waals surface area contributed by atoms with Gasteiger partial charge in [-0.05, 0) is 32.1 Å². The highest BCUT2D eigenvalue weighted by atomic mass is 32.1. The van der Waals surface area contributed by atoms with Gasteiger partial charge in [-0.25, -0.2) is 0 Å². The number of carbonyl (C=O) groups is 1. The van der Waals surface area contributed by atoms with Crippen LogP contribution in [0.1, 0.15) is 46.0 Å². The smallest absolute Gasteiger partial charge is 0.233 e. The minimum Gasteiger partial charge on any atom is -0.392 e. The van der Waals surface area contributed by atoms with E-state index in [0.29, 0.717) is 17.8 Å². The maximum atomic E-state index is 12.4. The van der Waals surface area contributed by atoms with Gasteiger partial charge in [-0.15, -0.1) is 0 Å². The molecule has 1 amide bonds. The molecule has 2 atom stereocenters. The molecule has 3 N–H and O–H groups in total. The van der Waals surface area contributed by atoms with Crippen molar-refractivity contribution in [2.75, 3.05) is 7.11 Å². The van der Waals surface area contributed by atoms with E-state index >= 15 is 0 Å². The molecule has 18 heavy (non-hydrogen) atoms. The summed E-state index contributed by atoms with van der Waals surface area (Å²) in [6.45, 7) is 3.91. The van der Waals surface area contributed by atoms with Crippen LogP contribution in [0, 0.1) is 5.41 Å². The minimum absolute atomic E-state index is 0.0262. The fourth-order valence-corrected chi connectivity index (χ4v) is 3.02. The monoisotopic (exact) mass is 272 g/mol. The lowest BCUT2D eigenvalue weighted by molar-refractivity contribution is -0.128. The second kappa shape index (κ2) is 6.48. The Kier molecular flexibility index (Phi) is 5.53. The van der Waals surface area contributed by atoms with Gasteiger partial charge in [-0.2, -0.15) is 0 Å². The Morgan fingerprint density at radius 3 is 2.44 bits per heavy atom. The van der Waals surface area contributed by atoms with Crippen molar-refractivity contribution in [2.45, 2.75) is 58.1 Å². The van der Waals surface area contributed by atoms with Gasteiger partial charge < -0.3 is 15.8 Å². The van der Waals surface area contributed by atoms with Crippen LogP contribution < -0.4 is 11.1 Å². The number of hydrogen-bond donors (Lipinski definition) is 2. The summed E-state index contributed by atoms with van der Waals surface area (Å²) in [7, 11) is 1.71. The highest BCUT2D eigenvalue weighted by molar-refractivity contribution is 7.80. The number of carbonyl (C=O) groups excluding carboxylic acids is 1. The molecule has 0 aromatic carbocycles. The van der Waals surface area contributed by atoms with Crippen LogP contribution >= 0.6 is 12.2 Å². The fraction of sp³-hybridized carbons (Fsp3) is 0.846. The molecule has 0 radical (unpaired) electrons. The van der Waals surface area contributed by atoms with Gasteiger partial charge in [0.15, 0.2) is 0 Å². The molecule has 0 aromatic heterocycles. The van der Waals surface area contributed by atoms with Crippen LogP contribution in [-0.2, 0) is 9.53 Å². The van der Waals surface area contributed by atoms with Crippen LogP contribution in [0.5, 0.6) is 0 Å². The summed E-state index contributed by atoms with van der Waals surface area (Å²) < 4.78 is 5.31. The highest BCUT2D eigenvalue weighted by Crippen LogP contribution is 2.29. The molecule has 0 spiro atoms. The number of nitrogens with two attached hydrogens (primary N) is 1. The van der Waals surface area contributed by atoms with Crippen LogP contribution in [0.3, 0.4) is 0 Å². The molecule has 104 valence electrons. The maximum absolute atomic E-state index is 12.4. The second-order valence-electron chi connectivity index (χ2n) is 4.99. The van der Waals surface area contributed by atoms with Gasteiger partial charge in [0.25, 0.3) is 0 Å². The van der Waals surface area contributed by atoms with E-state index in [9.17, 15) is 4.79 Å². The summed E-state index contributed by atoms with van der Waals surface area (Å²) in [5.74, 6) is -0.0262. The zero-order chi connectivity index (χ0) is 13.8. The van der Waals surface area contributed by atoms with E-state index in [4.69, 9.17) is 22.7 Å². The summed E-state index contributed by atoms with van der Waals surface area (Å²) >= 11 is 5.08. The van der Waals surface area contributed by atoms with Gasteiger partial charge >= 0.3 is 0 Å². The zero-order valence-electron chi connectivity index (χ0n) is 11.5. The summed E-state index contributed by atoms with van der Waals surface area (Å²) in [4.78, 5) is 12.7. The van der Waals surface area contributed by atoms with Gasteiger partial charge in [0.1, 0.15) is 0 Å². The van der Waals surface area contributed by atoms with Crippen LogP contribution in [0.25, 0.3) is 0 Å². The normalized spacial score (nSPS) is 23.9. The Bertz CT molecular complexity index is 316. The number of rotatable bonds is 6. The Morgan fingerprint density at radius 1 is 1.44 bits per heavy atom. The molecule has 0 aromatic rings. The van der Waals surface area contributed by atoms with E-state index < -0.39 is 5.41 Å². The third-order valence-corrected chi connectivity index (χ3v) is 4.56. The number of amides is 1. The van der Waals surface area contributed by atoms with Gasteiger partial charge in [0, 0.05) is 13.2 Å². The Hall–Kier alpha value is -0.680. The third kappa shape index (κ3) is 3.01. The minimum atomic E-state index is -0.694. The number of nitrogens with one attached hydrogen (secondary N) is 1. The van der Waals surface area contributed by atoms with E-state index in [-0.39, 0.29) is 18.1 Å². The van der Waals surface area contributed by atoms with Gasteiger partial charge in [0.05, 0.1) is 16.5 Å². The molecule has 0 saturated heterocycles. The quantitative estimate of drug-likeness (QED) is 0.723. The van der Waals surface area contributed by atoms with Crippen LogP contribution in [-0.4, -0.2) is 30.2 Å². The lowest BCUT2D eigenvalue weighted by atomic mass is 9.81. The van der Waals surface area contributed by atoms with E-state index in [1.54, 1.807) is 7.11 Å². The average Bonchev–Trinajstić information content (AvgIpc) is 2.78. The first-order valence-corrected chi connectivity index (χ1v) is 7.04. The zero-order valence-corrected chi connectivity index (χ0v) is 12.3. The predicted molar refractivity (Wildman–Crippen MR) is 76.4 cm³/mol. The lowest BCUT2D eigenvalue weighted by Gasteiger charge is -2.30. The van der Waals surface area contributed by atoms with Crippen molar-refractivity contribution in [3.05, 3.63) is 0 Å². The average molecular weight is 272 g/mol. The van der Waals surface area contributed by atoms with E-state index in [2.05, 4.69) is 5.32 Å². The highest BCUT2D eigenvalue weighted by Gasteiger charge is 2.39. The van der Waals surface area contributed by atoms with Crippen molar-refractivity contribution in [1.82, 2.24) is 5.32 Å². The van der Waals surface area contributed by atoms with E-state index in [1.165, 1.54) is 0 Å². The van der Waals surface area contributed by atoms with Gasteiger partial charge in [-0.3, -0.25) is 4.79 Å². The second-order valence-corrected chi connectivity index (χ2v) is 5.43. The molecule has 1 aliphatic carbocycles. The topological polar surface area (TPSA) is 64.3 Å². The standard InChI is InChI=1S/C13H24N2O2S/c1-4-13(5-2,11(14)18)12(16)15-9-6-7-10(8-9)17-3/h9-10H,4-8H2,1-3H3,(H2,14,18)(H,15,16). The molecule has 1 rings (SSSR count).